The highest BCUT2D eigenvalue weighted by Crippen LogP contribution is 2.24. The number of hydrogen-bond acceptors (Lipinski definition) is 4. The lowest BCUT2D eigenvalue weighted by Gasteiger charge is -2.13. The molecule has 6 heteroatoms. The Balaban J connectivity index is 2.21. The number of thiophene rings is 1. The highest BCUT2D eigenvalue weighted by molar-refractivity contribution is 7.14. The molecule has 22 heavy (non-hydrogen) atoms. The molecule has 2 aromatic rings. The van der Waals surface area contributed by atoms with E-state index in [-0.39, 0.29) is 11.8 Å². The summed E-state index contributed by atoms with van der Waals surface area (Å²) in [4.78, 5) is 24.5. The Morgan fingerprint density at radius 3 is 2.45 bits per heavy atom. The number of anilines is 1. The maximum atomic E-state index is 12.4. The quantitative estimate of drug-likeness (QED) is 0.853. The van der Waals surface area contributed by atoms with E-state index in [1.807, 2.05) is 32.0 Å². The van der Waals surface area contributed by atoms with E-state index in [0.29, 0.717) is 16.1 Å². The van der Waals surface area contributed by atoms with E-state index in [9.17, 15) is 9.59 Å². The first-order valence-corrected chi connectivity index (χ1v) is 7.71. The average molecular weight is 317 g/mol. The van der Waals surface area contributed by atoms with Crippen LogP contribution in [0.4, 0.5) is 5.00 Å². The molecule has 0 saturated carbocycles. The van der Waals surface area contributed by atoms with Gasteiger partial charge >= 0.3 is 0 Å². The maximum absolute atomic E-state index is 12.4. The van der Waals surface area contributed by atoms with E-state index < -0.39 is 0 Å². The van der Waals surface area contributed by atoms with Gasteiger partial charge in [-0.25, -0.2) is 5.01 Å². The summed E-state index contributed by atoms with van der Waals surface area (Å²) in [7, 11) is 3.47. The number of benzene rings is 1. The number of carbonyl (C=O) groups is 2. The molecule has 0 saturated heterocycles. The van der Waals surface area contributed by atoms with Gasteiger partial charge in [0.15, 0.2) is 0 Å². The summed E-state index contributed by atoms with van der Waals surface area (Å²) in [6.07, 6.45) is 0. The molecule has 116 valence electrons. The fourth-order valence-electron chi connectivity index (χ4n) is 2.00. The van der Waals surface area contributed by atoms with Crippen molar-refractivity contribution in [3.05, 3.63) is 51.9 Å². The lowest BCUT2D eigenvalue weighted by Crippen LogP contribution is -2.36. The Morgan fingerprint density at radius 1 is 1.05 bits per heavy atom. The molecule has 0 aliphatic rings. The van der Waals surface area contributed by atoms with Gasteiger partial charge < -0.3 is 5.32 Å². The molecule has 1 heterocycles. The van der Waals surface area contributed by atoms with Crippen molar-refractivity contribution in [3.63, 3.8) is 0 Å². The minimum atomic E-state index is -0.248. The van der Waals surface area contributed by atoms with Crippen molar-refractivity contribution in [2.45, 2.75) is 13.8 Å². The first kappa shape index (κ1) is 16.2. The van der Waals surface area contributed by atoms with Crippen LogP contribution in [0.2, 0.25) is 0 Å². The van der Waals surface area contributed by atoms with E-state index in [1.54, 1.807) is 30.6 Å². The van der Waals surface area contributed by atoms with Gasteiger partial charge in [-0.1, -0.05) is 17.7 Å². The van der Waals surface area contributed by atoms with Crippen LogP contribution < -0.4 is 10.7 Å². The van der Waals surface area contributed by atoms with E-state index in [0.717, 1.165) is 11.1 Å². The highest BCUT2D eigenvalue weighted by Gasteiger charge is 2.17. The third-order valence-corrected chi connectivity index (χ3v) is 3.93. The number of rotatable bonds is 4. The molecule has 0 aliphatic heterocycles. The summed E-state index contributed by atoms with van der Waals surface area (Å²) in [5.74, 6) is -0.454. The zero-order chi connectivity index (χ0) is 16.3. The van der Waals surface area contributed by atoms with Gasteiger partial charge in [-0.2, -0.15) is 0 Å². The number of hydrogen-bond donors (Lipinski definition) is 2. The molecule has 1 aromatic heterocycles. The normalized spacial score (nSPS) is 10.6. The molecule has 0 aliphatic carbocycles. The molecule has 0 bridgehead atoms. The minimum Gasteiger partial charge on any atom is -0.313 e. The van der Waals surface area contributed by atoms with Crippen molar-refractivity contribution in [2.75, 3.05) is 19.4 Å². The minimum absolute atomic E-state index is 0.206. The Labute approximate surface area is 133 Å². The molecule has 0 radical (unpaired) electrons. The number of aryl methyl sites for hydroxylation is 2. The summed E-state index contributed by atoms with van der Waals surface area (Å²) in [6, 6.07) is 7.42. The largest absolute Gasteiger partial charge is 0.313 e. The predicted molar refractivity (Wildman–Crippen MR) is 89.3 cm³/mol. The van der Waals surface area contributed by atoms with Gasteiger partial charge in [-0.05, 0) is 36.9 Å². The first-order chi connectivity index (χ1) is 10.4. The van der Waals surface area contributed by atoms with Crippen molar-refractivity contribution in [1.29, 1.82) is 0 Å². The summed E-state index contributed by atoms with van der Waals surface area (Å²) in [5.41, 5.74) is 5.67. The third-order valence-electron chi connectivity index (χ3n) is 3.10. The standard InChI is InChI=1S/C16H19N3O2S/c1-10-5-6-11(2)13(9-10)14(20)17-16-12(7-8-22-16)15(21)18-19(3)4/h5-9H,1-4H3,(H,17,20)(H,18,21). The van der Waals surface area contributed by atoms with E-state index in [4.69, 9.17) is 0 Å². The number of hydrazine groups is 1. The second kappa shape index (κ2) is 6.72. The lowest BCUT2D eigenvalue weighted by molar-refractivity contribution is 0.0858. The fraction of sp³-hybridized carbons (Fsp3) is 0.250. The lowest BCUT2D eigenvalue weighted by atomic mass is 10.1. The molecule has 0 unspecified atom stereocenters. The average Bonchev–Trinajstić information content (AvgIpc) is 2.88. The van der Waals surface area contributed by atoms with Gasteiger partial charge in [-0.3, -0.25) is 15.0 Å². The molecule has 0 fully saturated rings. The van der Waals surface area contributed by atoms with Crippen molar-refractivity contribution >= 4 is 28.2 Å². The van der Waals surface area contributed by atoms with Crippen LogP contribution in [-0.2, 0) is 0 Å². The van der Waals surface area contributed by atoms with Crippen LogP contribution >= 0.6 is 11.3 Å². The maximum Gasteiger partial charge on any atom is 0.268 e. The SMILES string of the molecule is Cc1ccc(C)c(C(=O)Nc2sccc2C(=O)NN(C)C)c1. The van der Waals surface area contributed by atoms with Gasteiger partial charge in [0.2, 0.25) is 0 Å². The Morgan fingerprint density at radius 2 is 1.77 bits per heavy atom. The molecule has 2 rings (SSSR count). The fourth-order valence-corrected chi connectivity index (χ4v) is 2.78. The highest BCUT2D eigenvalue weighted by atomic mass is 32.1. The zero-order valence-electron chi connectivity index (χ0n) is 13.1. The summed E-state index contributed by atoms with van der Waals surface area (Å²) < 4.78 is 0. The number of nitrogens with zero attached hydrogens (tertiary/aromatic N) is 1. The van der Waals surface area contributed by atoms with Crippen LogP contribution in [-0.4, -0.2) is 30.9 Å². The van der Waals surface area contributed by atoms with Crippen molar-refractivity contribution in [3.8, 4) is 0 Å². The molecular formula is C16H19N3O2S. The van der Waals surface area contributed by atoms with Crippen molar-refractivity contribution in [1.82, 2.24) is 10.4 Å². The number of amides is 2. The van der Waals surface area contributed by atoms with Crippen LogP contribution in [0, 0.1) is 13.8 Å². The summed E-state index contributed by atoms with van der Waals surface area (Å²) in [5, 5.41) is 6.72. The summed E-state index contributed by atoms with van der Waals surface area (Å²) >= 11 is 1.33. The number of nitrogens with one attached hydrogen (secondary N) is 2. The van der Waals surface area contributed by atoms with Crippen LogP contribution in [0.15, 0.2) is 29.6 Å². The molecule has 2 amide bonds. The van der Waals surface area contributed by atoms with E-state index >= 15 is 0 Å². The zero-order valence-corrected chi connectivity index (χ0v) is 13.9. The molecule has 1 aromatic carbocycles. The van der Waals surface area contributed by atoms with Crippen LogP contribution in [0.1, 0.15) is 31.8 Å². The molecule has 0 spiro atoms. The predicted octanol–water partition coefficient (Wildman–Crippen LogP) is 2.82. The van der Waals surface area contributed by atoms with Gasteiger partial charge in [0.25, 0.3) is 11.8 Å². The van der Waals surface area contributed by atoms with Crippen molar-refractivity contribution < 1.29 is 9.59 Å². The second-order valence-electron chi connectivity index (χ2n) is 5.27. The Kier molecular flexibility index (Phi) is 4.95. The third kappa shape index (κ3) is 3.72. The number of carbonyl (C=O) groups excluding carboxylic acids is 2. The van der Waals surface area contributed by atoms with Gasteiger partial charge in [0.1, 0.15) is 5.00 Å². The van der Waals surface area contributed by atoms with Crippen molar-refractivity contribution in [2.24, 2.45) is 0 Å². The monoisotopic (exact) mass is 317 g/mol. The molecular weight excluding hydrogens is 298 g/mol. The van der Waals surface area contributed by atoms with Crippen LogP contribution in [0.3, 0.4) is 0 Å². The van der Waals surface area contributed by atoms with Crippen LogP contribution in [0.25, 0.3) is 0 Å². The molecule has 2 N–H and O–H groups in total. The van der Waals surface area contributed by atoms with Crippen LogP contribution in [0.5, 0.6) is 0 Å². The van der Waals surface area contributed by atoms with E-state index in [1.165, 1.54) is 11.3 Å². The van der Waals surface area contributed by atoms with Gasteiger partial charge in [0, 0.05) is 19.7 Å². The summed E-state index contributed by atoms with van der Waals surface area (Å²) in [6.45, 7) is 3.83. The molecule has 5 nitrogen and oxygen atoms in total. The van der Waals surface area contributed by atoms with E-state index in [2.05, 4.69) is 10.7 Å². The Hall–Kier alpha value is -2.18. The smallest absolute Gasteiger partial charge is 0.268 e. The van der Waals surface area contributed by atoms with Gasteiger partial charge in [-0.15, -0.1) is 11.3 Å². The van der Waals surface area contributed by atoms with Gasteiger partial charge in [0.05, 0.1) is 5.56 Å². The Bertz CT molecular complexity index is 707. The first-order valence-electron chi connectivity index (χ1n) is 6.83. The molecule has 0 atom stereocenters. The second-order valence-corrected chi connectivity index (χ2v) is 6.19. The topological polar surface area (TPSA) is 61.4 Å².